The van der Waals surface area contributed by atoms with Crippen LogP contribution in [0, 0.1) is 0 Å². The maximum Gasteiger partial charge on any atom is 0.283 e. The van der Waals surface area contributed by atoms with Crippen LogP contribution in [0.4, 0.5) is 17.1 Å². The maximum atomic E-state index is 13.1. The smallest absolute Gasteiger partial charge is 0.283 e. The van der Waals surface area contributed by atoms with E-state index >= 15 is 0 Å². The molecule has 0 aliphatic carbocycles. The molecule has 11 heteroatoms. The van der Waals surface area contributed by atoms with E-state index in [9.17, 15) is 14.4 Å². The summed E-state index contributed by atoms with van der Waals surface area (Å²) in [4.78, 5) is 39.4. The van der Waals surface area contributed by atoms with Crippen LogP contribution in [0.2, 0.25) is 10.0 Å². The molecule has 0 bridgehead atoms. The number of ether oxygens (including phenoxy) is 2. The van der Waals surface area contributed by atoms with E-state index in [1.807, 2.05) is 0 Å². The number of hydrogen-bond acceptors (Lipinski definition) is 6. The first-order chi connectivity index (χ1) is 17.2. The molecular weight excluding hydrogens is 529 g/mol. The molecule has 3 aromatic rings. The van der Waals surface area contributed by atoms with Gasteiger partial charge in [0.1, 0.15) is 22.2 Å². The number of imide groups is 1. The van der Waals surface area contributed by atoms with E-state index in [0.29, 0.717) is 32.7 Å². The zero-order chi connectivity index (χ0) is 26.0. The summed E-state index contributed by atoms with van der Waals surface area (Å²) in [5.41, 5.74) is 1.30. The average Bonchev–Trinajstić information content (AvgIpc) is 3.08. The van der Waals surface area contributed by atoms with Crippen molar-refractivity contribution in [1.82, 2.24) is 0 Å². The lowest BCUT2D eigenvalue weighted by molar-refractivity contribution is -0.120. The minimum atomic E-state index is -0.705. The van der Waals surface area contributed by atoms with Crippen LogP contribution >= 0.6 is 34.8 Å². The molecule has 1 aliphatic rings. The van der Waals surface area contributed by atoms with E-state index < -0.39 is 17.7 Å². The predicted octanol–water partition coefficient (Wildman–Crippen LogP) is 5.70. The van der Waals surface area contributed by atoms with Crippen LogP contribution in [-0.2, 0) is 9.59 Å². The van der Waals surface area contributed by atoms with E-state index in [1.54, 1.807) is 48.5 Å². The fraction of sp³-hybridized carbons (Fsp3) is 0.0800. The van der Waals surface area contributed by atoms with Gasteiger partial charge in [0.2, 0.25) is 0 Å². The first-order valence-electron chi connectivity index (χ1n) is 10.4. The summed E-state index contributed by atoms with van der Waals surface area (Å²) in [5.74, 6) is -1.00. The van der Waals surface area contributed by atoms with Gasteiger partial charge in [0, 0.05) is 22.3 Å². The van der Waals surface area contributed by atoms with Crippen molar-refractivity contribution in [3.8, 4) is 11.5 Å². The van der Waals surface area contributed by atoms with Gasteiger partial charge in [0.15, 0.2) is 0 Å². The monoisotopic (exact) mass is 545 g/mol. The molecule has 0 saturated carbocycles. The first-order valence-corrected chi connectivity index (χ1v) is 11.5. The Kier molecular flexibility index (Phi) is 7.40. The fourth-order valence-corrected chi connectivity index (χ4v) is 4.10. The van der Waals surface area contributed by atoms with Crippen LogP contribution < -0.4 is 25.0 Å². The highest BCUT2D eigenvalue weighted by Crippen LogP contribution is 2.37. The number of rotatable bonds is 7. The van der Waals surface area contributed by atoms with Crippen LogP contribution in [0.1, 0.15) is 10.4 Å². The fourth-order valence-electron chi connectivity index (χ4n) is 3.43. The second-order valence-electron chi connectivity index (χ2n) is 7.45. The normalized spacial score (nSPS) is 13.2. The highest BCUT2D eigenvalue weighted by molar-refractivity contribution is 6.53. The maximum absolute atomic E-state index is 13.1. The van der Waals surface area contributed by atoms with Crippen molar-refractivity contribution < 1.29 is 23.9 Å². The quantitative estimate of drug-likeness (QED) is 0.369. The molecule has 3 aromatic carbocycles. The number of benzene rings is 3. The third-order valence-electron chi connectivity index (χ3n) is 5.25. The number of nitrogens with zero attached hydrogens (tertiary/aromatic N) is 1. The number of nitrogens with one attached hydrogen (secondary N) is 2. The third kappa shape index (κ3) is 4.97. The molecule has 0 aromatic heterocycles. The average molecular weight is 547 g/mol. The number of methoxy groups -OCH3 is 2. The topological polar surface area (TPSA) is 97.0 Å². The Bertz CT molecular complexity index is 1410. The molecule has 8 nitrogen and oxygen atoms in total. The molecule has 0 radical (unpaired) electrons. The lowest BCUT2D eigenvalue weighted by atomic mass is 10.2. The Balaban J connectivity index is 1.51. The number of carbonyl (C=O) groups is 3. The van der Waals surface area contributed by atoms with E-state index in [4.69, 9.17) is 44.3 Å². The van der Waals surface area contributed by atoms with Crippen molar-refractivity contribution in [3.63, 3.8) is 0 Å². The van der Waals surface area contributed by atoms with Gasteiger partial charge in [0.25, 0.3) is 17.7 Å². The van der Waals surface area contributed by atoms with E-state index in [2.05, 4.69) is 10.6 Å². The van der Waals surface area contributed by atoms with Gasteiger partial charge in [-0.1, -0.05) is 34.8 Å². The lowest BCUT2D eigenvalue weighted by Gasteiger charge is -2.18. The molecule has 36 heavy (non-hydrogen) atoms. The Morgan fingerprint density at radius 3 is 2.22 bits per heavy atom. The van der Waals surface area contributed by atoms with Gasteiger partial charge in [0.05, 0.1) is 30.6 Å². The van der Waals surface area contributed by atoms with Gasteiger partial charge in [-0.3, -0.25) is 14.4 Å². The van der Waals surface area contributed by atoms with Crippen molar-refractivity contribution in [2.24, 2.45) is 0 Å². The molecule has 2 N–H and O–H groups in total. The standard InChI is InChI=1S/C25H18Cl3N3O5/c1-35-16-8-10-19(20(12-16)36-2)31-24(33)21(28)22(25(31)34)29-15-6-3-13(4-7-15)23(32)30-18-9-5-14(26)11-17(18)27/h3-12,29H,1-2H3,(H,30,32). The van der Waals surface area contributed by atoms with Crippen molar-refractivity contribution in [1.29, 1.82) is 0 Å². The summed E-state index contributed by atoms with van der Waals surface area (Å²) in [6.45, 7) is 0. The van der Waals surface area contributed by atoms with Crippen LogP contribution in [0.3, 0.4) is 0 Å². The summed E-state index contributed by atoms with van der Waals surface area (Å²) >= 11 is 18.2. The Morgan fingerprint density at radius 2 is 1.58 bits per heavy atom. The number of amides is 3. The van der Waals surface area contributed by atoms with E-state index in [0.717, 1.165) is 4.90 Å². The molecular formula is C25H18Cl3N3O5. The van der Waals surface area contributed by atoms with Crippen LogP contribution in [0.25, 0.3) is 0 Å². The SMILES string of the molecule is COc1ccc(N2C(=O)C(Cl)=C(Nc3ccc(C(=O)Nc4ccc(Cl)cc4Cl)cc3)C2=O)c(OC)c1. The zero-order valence-electron chi connectivity index (χ0n) is 18.9. The molecule has 0 spiro atoms. The van der Waals surface area contributed by atoms with Gasteiger partial charge in [-0.15, -0.1) is 0 Å². The molecule has 0 atom stereocenters. The van der Waals surface area contributed by atoms with Gasteiger partial charge < -0.3 is 20.1 Å². The molecule has 0 unspecified atom stereocenters. The number of anilines is 3. The summed E-state index contributed by atoms with van der Waals surface area (Å²) in [6.07, 6.45) is 0. The van der Waals surface area contributed by atoms with Crippen LogP contribution in [-0.4, -0.2) is 31.9 Å². The summed E-state index contributed by atoms with van der Waals surface area (Å²) in [6, 6.07) is 15.6. The van der Waals surface area contributed by atoms with Gasteiger partial charge in [-0.2, -0.15) is 0 Å². The van der Waals surface area contributed by atoms with Crippen molar-refractivity contribution in [2.75, 3.05) is 29.8 Å². The summed E-state index contributed by atoms with van der Waals surface area (Å²) < 4.78 is 10.5. The molecule has 0 fully saturated rings. The largest absolute Gasteiger partial charge is 0.497 e. The third-order valence-corrected chi connectivity index (χ3v) is 6.15. The molecule has 4 rings (SSSR count). The number of hydrogen-bond donors (Lipinski definition) is 2. The minimum Gasteiger partial charge on any atom is -0.497 e. The van der Waals surface area contributed by atoms with Crippen LogP contribution in [0.15, 0.2) is 71.4 Å². The Labute approximate surface area is 221 Å². The molecule has 1 aliphatic heterocycles. The van der Waals surface area contributed by atoms with Crippen molar-refractivity contribution in [2.45, 2.75) is 0 Å². The molecule has 1 heterocycles. The second-order valence-corrected chi connectivity index (χ2v) is 8.67. The second kappa shape index (κ2) is 10.5. The molecule has 184 valence electrons. The lowest BCUT2D eigenvalue weighted by Crippen LogP contribution is -2.32. The molecule has 0 saturated heterocycles. The summed E-state index contributed by atoms with van der Waals surface area (Å²) in [5, 5.41) is 6.04. The van der Waals surface area contributed by atoms with Gasteiger partial charge in [-0.25, -0.2) is 4.90 Å². The number of halogens is 3. The summed E-state index contributed by atoms with van der Waals surface area (Å²) in [7, 11) is 2.90. The van der Waals surface area contributed by atoms with Gasteiger partial charge in [-0.05, 0) is 54.6 Å². The van der Waals surface area contributed by atoms with Crippen LogP contribution in [0.5, 0.6) is 11.5 Å². The van der Waals surface area contributed by atoms with Crippen molar-refractivity contribution in [3.05, 3.63) is 87.0 Å². The van der Waals surface area contributed by atoms with Gasteiger partial charge >= 0.3 is 0 Å². The Hall–Kier alpha value is -3.72. The minimum absolute atomic E-state index is 0.107. The first kappa shape index (κ1) is 25.4. The zero-order valence-corrected chi connectivity index (χ0v) is 21.2. The highest BCUT2D eigenvalue weighted by Gasteiger charge is 2.40. The predicted molar refractivity (Wildman–Crippen MR) is 139 cm³/mol. The number of carbonyl (C=O) groups excluding carboxylic acids is 3. The van der Waals surface area contributed by atoms with E-state index in [1.165, 1.54) is 26.4 Å². The Morgan fingerprint density at radius 1 is 0.861 bits per heavy atom. The highest BCUT2D eigenvalue weighted by atomic mass is 35.5. The molecule has 3 amide bonds. The van der Waals surface area contributed by atoms with E-state index in [-0.39, 0.29) is 22.2 Å². The van der Waals surface area contributed by atoms with Crippen molar-refractivity contribution >= 4 is 69.6 Å².